The van der Waals surface area contributed by atoms with Crippen LogP contribution < -0.4 is 0 Å². The third-order valence-corrected chi connectivity index (χ3v) is 3.53. The second-order valence-electron chi connectivity index (χ2n) is 4.34. The Morgan fingerprint density at radius 1 is 1.15 bits per heavy atom. The summed E-state index contributed by atoms with van der Waals surface area (Å²) < 4.78 is 12.8. The van der Waals surface area contributed by atoms with E-state index in [0.29, 0.717) is 16.5 Å². The van der Waals surface area contributed by atoms with E-state index >= 15 is 0 Å². The van der Waals surface area contributed by atoms with Crippen molar-refractivity contribution in [3.63, 3.8) is 0 Å². The molecule has 0 bridgehead atoms. The Morgan fingerprint density at radius 3 is 2.40 bits per heavy atom. The Kier molecular flexibility index (Phi) is 4.68. The van der Waals surface area contributed by atoms with E-state index in [-0.39, 0.29) is 11.7 Å². The Labute approximate surface area is 121 Å². The second-order valence-corrected chi connectivity index (χ2v) is 5.34. The standard InChI is InChI=1S/C14H14FN3OS/c1-18(2)14(19)9-20-13-8-7-12(16-17-13)10-3-5-11(15)6-4-10/h3-8H,9H2,1-2H3. The fraction of sp³-hybridized carbons (Fsp3) is 0.214. The zero-order valence-electron chi connectivity index (χ0n) is 11.2. The maximum Gasteiger partial charge on any atom is 0.232 e. The highest BCUT2D eigenvalue weighted by Crippen LogP contribution is 2.20. The fourth-order valence-corrected chi connectivity index (χ4v) is 2.23. The number of thioether (sulfide) groups is 1. The minimum absolute atomic E-state index is 0.0272. The summed E-state index contributed by atoms with van der Waals surface area (Å²) in [6.45, 7) is 0. The highest BCUT2D eigenvalue weighted by atomic mass is 32.2. The minimum atomic E-state index is -0.281. The molecule has 0 saturated carbocycles. The van der Waals surface area contributed by atoms with Crippen LogP contribution in [0.4, 0.5) is 4.39 Å². The Bertz CT molecular complexity index is 584. The van der Waals surface area contributed by atoms with Crippen molar-refractivity contribution in [1.82, 2.24) is 15.1 Å². The molecule has 4 nitrogen and oxygen atoms in total. The molecule has 0 saturated heterocycles. The monoisotopic (exact) mass is 291 g/mol. The maximum absolute atomic E-state index is 12.8. The summed E-state index contributed by atoms with van der Waals surface area (Å²) in [5.41, 5.74) is 1.48. The van der Waals surface area contributed by atoms with Crippen molar-refractivity contribution in [2.24, 2.45) is 0 Å². The first-order valence-electron chi connectivity index (χ1n) is 5.99. The molecule has 1 amide bonds. The molecule has 0 radical (unpaired) electrons. The number of hydrogen-bond donors (Lipinski definition) is 0. The second kappa shape index (κ2) is 6.47. The number of nitrogens with zero attached hydrogens (tertiary/aromatic N) is 3. The molecule has 1 heterocycles. The van der Waals surface area contributed by atoms with Crippen LogP contribution >= 0.6 is 11.8 Å². The van der Waals surface area contributed by atoms with Gasteiger partial charge in [-0.25, -0.2) is 4.39 Å². The number of amides is 1. The van der Waals surface area contributed by atoms with Crippen molar-refractivity contribution in [1.29, 1.82) is 0 Å². The van der Waals surface area contributed by atoms with E-state index in [4.69, 9.17) is 0 Å². The Balaban J connectivity index is 2.03. The smallest absolute Gasteiger partial charge is 0.232 e. The summed E-state index contributed by atoms with van der Waals surface area (Å²) in [6, 6.07) is 9.69. The number of rotatable bonds is 4. The topological polar surface area (TPSA) is 46.1 Å². The highest BCUT2D eigenvalue weighted by Gasteiger charge is 2.07. The van der Waals surface area contributed by atoms with E-state index in [1.807, 2.05) is 6.07 Å². The highest BCUT2D eigenvalue weighted by molar-refractivity contribution is 7.99. The molecule has 0 aliphatic heterocycles. The van der Waals surface area contributed by atoms with Crippen LogP contribution in [-0.4, -0.2) is 40.9 Å². The lowest BCUT2D eigenvalue weighted by Crippen LogP contribution is -2.23. The first kappa shape index (κ1) is 14.5. The van der Waals surface area contributed by atoms with E-state index < -0.39 is 0 Å². The molecule has 104 valence electrons. The lowest BCUT2D eigenvalue weighted by atomic mass is 10.1. The van der Waals surface area contributed by atoms with Gasteiger partial charge >= 0.3 is 0 Å². The van der Waals surface area contributed by atoms with Gasteiger partial charge in [-0.05, 0) is 36.4 Å². The average Bonchev–Trinajstić information content (AvgIpc) is 2.46. The Morgan fingerprint density at radius 2 is 1.85 bits per heavy atom. The van der Waals surface area contributed by atoms with Crippen molar-refractivity contribution in [2.45, 2.75) is 5.03 Å². The van der Waals surface area contributed by atoms with Crippen LogP contribution in [0.25, 0.3) is 11.3 Å². The zero-order chi connectivity index (χ0) is 14.5. The lowest BCUT2D eigenvalue weighted by Gasteiger charge is -2.09. The van der Waals surface area contributed by atoms with Crippen molar-refractivity contribution in [3.05, 3.63) is 42.2 Å². The molecule has 0 aliphatic rings. The molecule has 20 heavy (non-hydrogen) atoms. The molecule has 1 aromatic carbocycles. The van der Waals surface area contributed by atoms with Crippen molar-refractivity contribution < 1.29 is 9.18 Å². The molecule has 0 aliphatic carbocycles. The molecule has 2 aromatic rings. The first-order chi connectivity index (χ1) is 9.56. The van der Waals surface area contributed by atoms with E-state index in [9.17, 15) is 9.18 Å². The zero-order valence-corrected chi connectivity index (χ0v) is 12.0. The van der Waals surface area contributed by atoms with Crippen molar-refractivity contribution in [2.75, 3.05) is 19.8 Å². The number of carbonyl (C=O) groups excluding carboxylic acids is 1. The lowest BCUT2D eigenvalue weighted by molar-refractivity contribution is -0.125. The maximum atomic E-state index is 12.8. The summed E-state index contributed by atoms with van der Waals surface area (Å²) in [4.78, 5) is 13.0. The summed E-state index contributed by atoms with van der Waals surface area (Å²) in [5.74, 6) is 0.0768. The molecule has 6 heteroatoms. The summed E-state index contributed by atoms with van der Waals surface area (Å²) in [6.07, 6.45) is 0. The molecular formula is C14H14FN3OS. The summed E-state index contributed by atoms with van der Waals surface area (Å²) >= 11 is 1.34. The third-order valence-electron chi connectivity index (χ3n) is 2.62. The van der Waals surface area contributed by atoms with Crippen molar-refractivity contribution >= 4 is 17.7 Å². The van der Waals surface area contributed by atoms with Crippen molar-refractivity contribution in [3.8, 4) is 11.3 Å². The average molecular weight is 291 g/mol. The molecule has 0 N–H and O–H groups in total. The van der Waals surface area contributed by atoms with Crippen LogP contribution in [0.5, 0.6) is 0 Å². The van der Waals surface area contributed by atoms with Gasteiger partial charge in [0.15, 0.2) is 0 Å². The quantitative estimate of drug-likeness (QED) is 0.812. The largest absolute Gasteiger partial charge is 0.348 e. The summed E-state index contributed by atoms with van der Waals surface area (Å²) in [7, 11) is 3.43. The third kappa shape index (κ3) is 3.77. The van der Waals surface area contributed by atoms with Crippen LogP contribution in [0.1, 0.15) is 0 Å². The number of benzene rings is 1. The van der Waals surface area contributed by atoms with Crippen LogP contribution in [0, 0.1) is 5.82 Å². The van der Waals surface area contributed by atoms with E-state index in [1.165, 1.54) is 28.8 Å². The van der Waals surface area contributed by atoms with Gasteiger partial charge in [0.05, 0.1) is 11.4 Å². The number of halogens is 1. The van der Waals surface area contributed by atoms with E-state index in [0.717, 1.165) is 5.56 Å². The van der Waals surface area contributed by atoms with Gasteiger partial charge in [0.2, 0.25) is 5.91 Å². The van der Waals surface area contributed by atoms with E-state index in [1.54, 1.807) is 32.3 Å². The number of hydrogen-bond acceptors (Lipinski definition) is 4. The van der Waals surface area contributed by atoms with Gasteiger partial charge in [0.25, 0.3) is 0 Å². The molecule has 0 unspecified atom stereocenters. The predicted molar refractivity (Wildman–Crippen MR) is 76.8 cm³/mol. The minimum Gasteiger partial charge on any atom is -0.348 e. The molecule has 2 rings (SSSR count). The van der Waals surface area contributed by atoms with Gasteiger partial charge in [-0.3, -0.25) is 4.79 Å². The van der Waals surface area contributed by atoms with Crippen LogP contribution in [0.15, 0.2) is 41.4 Å². The molecule has 1 aromatic heterocycles. The van der Waals surface area contributed by atoms with Gasteiger partial charge in [-0.1, -0.05) is 11.8 Å². The fourth-order valence-electron chi connectivity index (χ4n) is 1.44. The van der Waals surface area contributed by atoms with Gasteiger partial charge in [0, 0.05) is 19.7 Å². The summed E-state index contributed by atoms with van der Waals surface area (Å²) in [5, 5.41) is 8.83. The van der Waals surface area contributed by atoms with Gasteiger partial charge in [0.1, 0.15) is 10.8 Å². The molecular weight excluding hydrogens is 277 g/mol. The van der Waals surface area contributed by atoms with Crippen LogP contribution in [0.3, 0.4) is 0 Å². The molecule has 0 fully saturated rings. The van der Waals surface area contributed by atoms with E-state index in [2.05, 4.69) is 10.2 Å². The van der Waals surface area contributed by atoms with Gasteiger partial charge in [-0.15, -0.1) is 10.2 Å². The first-order valence-corrected chi connectivity index (χ1v) is 6.97. The van der Waals surface area contributed by atoms with Crippen LogP contribution in [-0.2, 0) is 4.79 Å². The van der Waals surface area contributed by atoms with Crippen LogP contribution in [0.2, 0.25) is 0 Å². The Hall–Kier alpha value is -1.95. The number of aromatic nitrogens is 2. The van der Waals surface area contributed by atoms with Gasteiger partial charge in [-0.2, -0.15) is 0 Å². The predicted octanol–water partition coefficient (Wildman–Crippen LogP) is 2.46. The number of carbonyl (C=O) groups is 1. The van der Waals surface area contributed by atoms with Gasteiger partial charge < -0.3 is 4.90 Å². The normalized spacial score (nSPS) is 10.3. The SMILES string of the molecule is CN(C)C(=O)CSc1ccc(-c2ccc(F)cc2)nn1. The molecule has 0 spiro atoms. The molecule has 0 atom stereocenters.